The van der Waals surface area contributed by atoms with E-state index in [1.165, 1.54) is 0 Å². The minimum absolute atomic E-state index is 0.0699. The molecule has 0 radical (unpaired) electrons. The molecule has 0 unspecified atom stereocenters. The van der Waals surface area contributed by atoms with Gasteiger partial charge in [0.25, 0.3) is 0 Å². The summed E-state index contributed by atoms with van der Waals surface area (Å²) < 4.78 is 5.41. The topological polar surface area (TPSA) is 43.4 Å². The van der Waals surface area contributed by atoms with Crippen molar-refractivity contribution in [2.45, 2.75) is 6.92 Å². The molecule has 0 aliphatic carbocycles. The summed E-state index contributed by atoms with van der Waals surface area (Å²) in [5.74, 6) is -0.0162. The van der Waals surface area contributed by atoms with E-state index < -0.39 is 5.97 Å². The van der Waals surface area contributed by atoms with Crippen LogP contribution in [0.3, 0.4) is 0 Å². The van der Waals surface area contributed by atoms with Gasteiger partial charge in [0.05, 0.1) is 5.56 Å². The molecule has 0 aliphatic heterocycles. The maximum absolute atomic E-state index is 12.5. The molecule has 0 fully saturated rings. The summed E-state index contributed by atoms with van der Waals surface area (Å²) in [5, 5.41) is 0. The highest BCUT2D eigenvalue weighted by Crippen LogP contribution is 2.20. The van der Waals surface area contributed by atoms with Crippen molar-refractivity contribution in [3.63, 3.8) is 0 Å². The Morgan fingerprint density at radius 2 is 1.25 bits per heavy atom. The summed E-state index contributed by atoms with van der Waals surface area (Å²) in [4.78, 5) is 24.7. The molecular formula is C29H22O3. The van der Waals surface area contributed by atoms with Crippen LogP contribution in [0, 0.1) is 6.92 Å². The van der Waals surface area contributed by atoms with Crippen molar-refractivity contribution in [3.8, 4) is 16.9 Å². The van der Waals surface area contributed by atoms with E-state index in [1.54, 1.807) is 48.6 Å². The van der Waals surface area contributed by atoms with Crippen molar-refractivity contribution in [3.05, 3.63) is 131 Å². The van der Waals surface area contributed by atoms with Crippen LogP contribution in [-0.2, 0) is 0 Å². The third-order valence-corrected chi connectivity index (χ3v) is 5.08. The zero-order valence-electron chi connectivity index (χ0n) is 17.7. The largest absolute Gasteiger partial charge is 0.423 e. The molecule has 4 aromatic rings. The van der Waals surface area contributed by atoms with Crippen LogP contribution in [0.1, 0.15) is 31.8 Å². The smallest absolute Gasteiger partial charge is 0.343 e. The highest BCUT2D eigenvalue weighted by molar-refractivity contribution is 6.07. The maximum atomic E-state index is 12.5. The van der Waals surface area contributed by atoms with Crippen molar-refractivity contribution >= 4 is 17.8 Å². The second-order valence-corrected chi connectivity index (χ2v) is 7.47. The van der Waals surface area contributed by atoms with Crippen LogP contribution in [0.4, 0.5) is 0 Å². The fraction of sp³-hybridized carbons (Fsp3) is 0.0345. The number of esters is 1. The van der Waals surface area contributed by atoms with E-state index in [0.29, 0.717) is 16.9 Å². The SMILES string of the molecule is Cc1ccc(C(=O)Oc2ccc(/C=C/C(=O)c3ccc(-c4ccccc4)cc3)cc2)cc1. The first-order valence-electron chi connectivity index (χ1n) is 10.4. The van der Waals surface area contributed by atoms with Gasteiger partial charge in [-0.1, -0.05) is 90.5 Å². The number of ketones is 1. The van der Waals surface area contributed by atoms with Crippen molar-refractivity contribution in [1.29, 1.82) is 0 Å². The number of aryl methyl sites for hydroxylation is 1. The summed E-state index contributed by atoms with van der Waals surface area (Å²) in [6.07, 6.45) is 3.30. The van der Waals surface area contributed by atoms with E-state index in [2.05, 4.69) is 0 Å². The molecule has 4 aromatic carbocycles. The quantitative estimate of drug-likeness (QED) is 0.150. The number of hydrogen-bond acceptors (Lipinski definition) is 3. The fourth-order valence-electron chi connectivity index (χ4n) is 3.23. The first kappa shape index (κ1) is 21.0. The molecule has 156 valence electrons. The third-order valence-electron chi connectivity index (χ3n) is 5.08. The Labute approximate surface area is 187 Å². The molecule has 0 aromatic heterocycles. The Kier molecular flexibility index (Phi) is 6.38. The number of carbonyl (C=O) groups is 2. The Morgan fingerprint density at radius 3 is 1.91 bits per heavy atom. The molecule has 0 aliphatic rings. The monoisotopic (exact) mass is 418 g/mol. The van der Waals surface area contributed by atoms with Crippen molar-refractivity contribution in [2.75, 3.05) is 0 Å². The van der Waals surface area contributed by atoms with Crippen molar-refractivity contribution < 1.29 is 14.3 Å². The van der Waals surface area contributed by atoms with Gasteiger partial charge in [-0.05, 0) is 54.0 Å². The van der Waals surface area contributed by atoms with E-state index in [1.807, 2.05) is 73.7 Å². The van der Waals surface area contributed by atoms with E-state index in [4.69, 9.17) is 4.74 Å². The maximum Gasteiger partial charge on any atom is 0.343 e. The standard InChI is InChI=1S/C29H22O3/c1-21-7-12-26(13-8-21)29(31)32-27-18-9-22(10-19-27)11-20-28(30)25-16-14-24(15-17-25)23-5-3-2-4-6-23/h2-20H,1H3/b20-11+. The number of ether oxygens (including phenoxy) is 1. The summed E-state index contributed by atoms with van der Waals surface area (Å²) in [6, 6.07) is 31.9. The highest BCUT2D eigenvalue weighted by Gasteiger charge is 2.08. The average Bonchev–Trinajstić information content (AvgIpc) is 2.84. The molecule has 0 N–H and O–H groups in total. The van der Waals surface area contributed by atoms with E-state index in [-0.39, 0.29) is 5.78 Å². The molecule has 0 spiro atoms. The van der Waals surface area contributed by atoms with Gasteiger partial charge in [-0.15, -0.1) is 0 Å². The number of carbonyl (C=O) groups excluding carboxylic acids is 2. The number of rotatable bonds is 6. The van der Waals surface area contributed by atoms with Crippen LogP contribution < -0.4 is 4.74 Å². The minimum atomic E-state index is -0.401. The van der Waals surface area contributed by atoms with Gasteiger partial charge >= 0.3 is 5.97 Å². The first-order chi connectivity index (χ1) is 15.6. The lowest BCUT2D eigenvalue weighted by atomic mass is 10.0. The van der Waals surface area contributed by atoms with Crippen LogP contribution in [0.15, 0.2) is 109 Å². The minimum Gasteiger partial charge on any atom is -0.423 e. The Bertz CT molecular complexity index is 1230. The van der Waals surface area contributed by atoms with Gasteiger partial charge in [0, 0.05) is 5.56 Å². The van der Waals surface area contributed by atoms with Crippen LogP contribution in [0.2, 0.25) is 0 Å². The van der Waals surface area contributed by atoms with E-state index in [0.717, 1.165) is 22.3 Å². The predicted octanol–water partition coefficient (Wildman–Crippen LogP) is 6.78. The number of allylic oxidation sites excluding steroid dienone is 1. The van der Waals surface area contributed by atoms with Gasteiger partial charge in [0.15, 0.2) is 5.78 Å². The molecule has 32 heavy (non-hydrogen) atoms. The number of hydrogen-bond donors (Lipinski definition) is 0. The number of benzene rings is 4. The molecule has 0 heterocycles. The molecule has 4 rings (SSSR count). The first-order valence-corrected chi connectivity index (χ1v) is 10.4. The van der Waals surface area contributed by atoms with Gasteiger partial charge in [-0.25, -0.2) is 4.79 Å². The Balaban J connectivity index is 1.37. The van der Waals surface area contributed by atoms with E-state index in [9.17, 15) is 9.59 Å². The van der Waals surface area contributed by atoms with Gasteiger partial charge in [-0.3, -0.25) is 4.79 Å². The van der Waals surface area contributed by atoms with Crippen LogP contribution >= 0.6 is 0 Å². The lowest BCUT2D eigenvalue weighted by Gasteiger charge is -2.05. The molecule has 0 atom stereocenters. The second-order valence-electron chi connectivity index (χ2n) is 7.47. The van der Waals surface area contributed by atoms with Crippen LogP contribution in [0.5, 0.6) is 5.75 Å². The fourth-order valence-corrected chi connectivity index (χ4v) is 3.23. The molecule has 0 bridgehead atoms. The summed E-state index contributed by atoms with van der Waals surface area (Å²) in [5.41, 5.74) is 5.24. The zero-order chi connectivity index (χ0) is 22.3. The Morgan fingerprint density at radius 1 is 0.656 bits per heavy atom. The van der Waals surface area contributed by atoms with E-state index >= 15 is 0 Å². The summed E-state index contributed by atoms with van der Waals surface area (Å²) >= 11 is 0. The van der Waals surface area contributed by atoms with Crippen LogP contribution in [-0.4, -0.2) is 11.8 Å². The third kappa shape index (κ3) is 5.27. The van der Waals surface area contributed by atoms with Gasteiger partial charge < -0.3 is 4.74 Å². The molecule has 0 amide bonds. The van der Waals surface area contributed by atoms with Gasteiger partial charge in [-0.2, -0.15) is 0 Å². The summed E-state index contributed by atoms with van der Waals surface area (Å²) in [6.45, 7) is 1.96. The lowest BCUT2D eigenvalue weighted by molar-refractivity contribution is 0.0734. The molecule has 0 saturated carbocycles. The zero-order valence-corrected chi connectivity index (χ0v) is 17.7. The molecule has 3 nitrogen and oxygen atoms in total. The predicted molar refractivity (Wildman–Crippen MR) is 128 cm³/mol. The average molecular weight is 418 g/mol. The van der Waals surface area contributed by atoms with Gasteiger partial charge in [0.2, 0.25) is 0 Å². The van der Waals surface area contributed by atoms with Gasteiger partial charge in [0.1, 0.15) is 5.75 Å². The molecular weight excluding hydrogens is 396 g/mol. The highest BCUT2D eigenvalue weighted by atomic mass is 16.5. The second kappa shape index (κ2) is 9.71. The molecule has 3 heteroatoms. The normalized spacial score (nSPS) is 10.8. The Hall–Kier alpha value is -4.24. The van der Waals surface area contributed by atoms with Crippen molar-refractivity contribution in [1.82, 2.24) is 0 Å². The van der Waals surface area contributed by atoms with Crippen LogP contribution in [0.25, 0.3) is 17.2 Å². The van der Waals surface area contributed by atoms with Crippen molar-refractivity contribution in [2.24, 2.45) is 0 Å². The summed E-state index contributed by atoms with van der Waals surface area (Å²) in [7, 11) is 0. The lowest BCUT2D eigenvalue weighted by Crippen LogP contribution is -2.08. The molecule has 0 saturated heterocycles.